The fourth-order valence-corrected chi connectivity index (χ4v) is 1.73. The highest BCUT2D eigenvalue weighted by molar-refractivity contribution is 9.10. The van der Waals surface area contributed by atoms with E-state index in [9.17, 15) is 4.79 Å². The number of aryl methyl sites for hydroxylation is 1. The molecule has 78 valence electrons. The van der Waals surface area contributed by atoms with Crippen LogP contribution in [0.25, 0.3) is 10.9 Å². The summed E-state index contributed by atoms with van der Waals surface area (Å²) >= 11 is 3.35. The molecule has 1 aromatic carbocycles. The maximum atomic E-state index is 10.4. The van der Waals surface area contributed by atoms with Gasteiger partial charge in [-0.2, -0.15) is 0 Å². The van der Waals surface area contributed by atoms with Gasteiger partial charge >= 0.3 is 5.97 Å². The van der Waals surface area contributed by atoms with Crippen molar-refractivity contribution in [3.8, 4) is 0 Å². The molecule has 0 bridgehead atoms. The Morgan fingerprint density at radius 1 is 1.53 bits per heavy atom. The number of halogens is 1. The zero-order valence-corrected chi connectivity index (χ0v) is 9.32. The van der Waals surface area contributed by atoms with Crippen LogP contribution in [0.1, 0.15) is 12.2 Å². The molecular formula is C10H8BrNO3. The molecule has 1 aromatic heterocycles. The summed E-state index contributed by atoms with van der Waals surface area (Å²) in [5, 5.41) is 13.3. The second kappa shape index (κ2) is 4.02. The third-order valence-electron chi connectivity index (χ3n) is 2.08. The lowest BCUT2D eigenvalue weighted by Crippen LogP contribution is -1.96. The van der Waals surface area contributed by atoms with Crippen LogP contribution in [-0.2, 0) is 11.2 Å². The Labute approximate surface area is 94.0 Å². The number of benzene rings is 1. The smallest absolute Gasteiger partial charge is 0.303 e. The van der Waals surface area contributed by atoms with Gasteiger partial charge in [-0.25, -0.2) is 0 Å². The van der Waals surface area contributed by atoms with Crippen LogP contribution < -0.4 is 0 Å². The number of carbonyl (C=O) groups is 1. The van der Waals surface area contributed by atoms with Crippen molar-refractivity contribution < 1.29 is 14.4 Å². The van der Waals surface area contributed by atoms with E-state index >= 15 is 0 Å². The zero-order valence-electron chi connectivity index (χ0n) is 7.74. The zero-order chi connectivity index (χ0) is 10.8. The molecule has 0 spiro atoms. The Balaban J connectivity index is 2.35. The summed E-state index contributed by atoms with van der Waals surface area (Å²) in [5.74, 6) is -0.219. The molecule has 0 aliphatic carbocycles. The Morgan fingerprint density at radius 2 is 2.33 bits per heavy atom. The summed E-state index contributed by atoms with van der Waals surface area (Å²) in [5.41, 5.74) is 0.749. The van der Waals surface area contributed by atoms with E-state index in [0.717, 1.165) is 15.4 Å². The van der Waals surface area contributed by atoms with Crippen LogP contribution in [0.4, 0.5) is 0 Å². The first-order chi connectivity index (χ1) is 7.16. The number of fused-ring (bicyclic) bond motifs is 1. The average molecular weight is 270 g/mol. The Bertz CT molecular complexity index is 506. The number of hydrogen-bond donors (Lipinski definition) is 1. The van der Waals surface area contributed by atoms with Crippen molar-refractivity contribution in [2.45, 2.75) is 12.8 Å². The van der Waals surface area contributed by atoms with Crippen LogP contribution in [0.3, 0.4) is 0 Å². The number of hydrogen-bond acceptors (Lipinski definition) is 3. The van der Waals surface area contributed by atoms with Crippen molar-refractivity contribution in [3.63, 3.8) is 0 Å². The second-order valence-electron chi connectivity index (χ2n) is 3.16. The van der Waals surface area contributed by atoms with Gasteiger partial charge in [-0.15, -0.1) is 0 Å². The Hall–Kier alpha value is -1.36. The van der Waals surface area contributed by atoms with E-state index < -0.39 is 5.97 Å². The van der Waals surface area contributed by atoms with Gasteiger partial charge in [-0.1, -0.05) is 21.1 Å². The molecule has 1 N–H and O–H groups in total. The second-order valence-corrected chi connectivity index (χ2v) is 4.08. The van der Waals surface area contributed by atoms with E-state index in [1.165, 1.54) is 0 Å². The quantitative estimate of drug-likeness (QED) is 0.931. The monoisotopic (exact) mass is 269 g/mol. The van der Waals surface area contributed by atoms with Crippen molar-refractivity contribution in [3.05, 3.63) is 28.4 Å². The molecule has 0 amide bonds. The molecule has 0 saturated heterocycles. The summed E-state index contributed by atoms with van der Waals surface area (Å²) in [6, 6.07) is 5.57. The fraction of sp³-hybridized carbons (Fsp3) is 0.200. The molecule has 0 aliphatic rings. The van der Waals surface area contributed by atoms with Crippen LogP contribution in [0.15, 0.2) is 27.2 Å². The van der Waals surface area contributed by atoms with Crippen molar-refractivity contribution in [2.24, 2.45) is 0 Å². The molecule has 0 aliphatic heterocycles. The lowest BCUT2D eigenvalue weighted by Gasteiger charge is -1.93. The minimum absolute atomic E-state index is 0.0524. The standard InChI is InChI=1S/C10H8BrNO3/c11-6-1-2-8-7(5-6)9(15-12-8)3-4-10(13)14/h1-2,5H,3-4H2,(H,13,14). The predicted octanol–water partition coefficient (Wildman–Crippen LogP) is 2.61. The van der Waals surface area contributed by atoms with Gasteiger partial charge < -0.3 is 9.63 Å². The van der Waals surface area contributed by atoms with Crippen LogP contribution in [0.2, 0.25) is 0 Å². The highest BCUT2D eigenvalue weighted by atomic mass is 79.9. The van der Waals surface area contributed by atoms with Crippen LogP contribution in [-0.4, -0.2) is 16.2 Å². The number of carboxylic acid groups (broad SMARTS) is 1. The lowest BCUT2D eigenvalue weighted by molar-refractivity contribution is -0.137. The van der Waals surface area contributed by atoms with Gasteiger partial charge in [0.15, 0.2) is 0 Å². The van der Waals surface area contributed by atoms with Gasteiger partial charge in [0.05, 0.1) is 6.42 Å². The minimum Gasteiger partial charge on any atom is -0.481 e. The van der Waals surface area contributed by atoms with Gasteiger partial charge in [0.1, 0.15) is 11.3 Å². The van der Waals surface area contributed by atoms with Gasteiger partial charge in [0.2, 0.25) is 0 Å². The molecule has 15 heavy (non-hydrogen) atoms. The van der Waals surface area contributed by atoms with Crippen molar-refractivity contribution in [1.29, 1.82) is 0 Å². The highest BCUT2D eigenvalue weighted by Crippen LogP contribution is 2.23. The number of carboxylic acids is 1. The number of nitrogens with zero attached hydrogens (tertiary/aromatic N) is 1. The fourth-order valence-electron chi connectivity index (χ4n) is 1.37. The largest absolute Gasteiger partial charge is 0.481 e. The molecule has 4 nitrogen and oxygen atoms in total. The summed E-state index contributed by atoms with van der Waals surface area (Å²) in [4.78, 5) is 10.4. The van der Waals surface area contributed by atoms with Crippen LogP contribution >= 0.6 is 15.9 Å². The molecule has 0 saturated carbocycles. The maximum Gasteiger partial charge on any atom is 0.303 e. The first-order valence-electron chi connectivity index (χ1n) is 4.42. The first-order valence-corrected chi connectivity index (χ1v) is 5.22. The molecule has 0 unspecified atom stereocenters. The molecule has 2 rings (SSSR count). The topological polar surface area (TPSA) is 63.3 Å². The Morgan fingerprint density at radius 3 is 3.07 bits per heavy atom. The molecule has 0 radical (unpaired) electrons. The van der Waals surface area contributed by atoms with Gasteiger partial charge in [-0.3, -0.25) is 4.79 Å². The predicted molar refractivity (Wildman–Crippen MR) is 57.7 cm³/mol. The van der Waals surface area contributed by atoms with E-state index in [0.29, 0.717) is 12.2 Å². The van der Waals surface area contributed by atoms with Crippen molar-refractivity contribution in [2.75, 3.05) is 0 Å². The third-order valence-corrected chi connectivity index (χ3v) is 2.57. The summed E-state index contributed by atoms with van der Waals surface area (Å²) in [7, 11) is 0. The number of rotatable bonds is 3. The van der Waals surface area contributed by atoms with E-state index in [2.05, 4.69) is 21.1 Å². The molecular weight excluding hydrogens is 262 g/mol. The molecule has 0 fully saturated rings. The summed E-state index contributed by atoms with van der Waals surface area (Å²) in [6.45, 7) is 0. The van der Waals surface area contributed by atoms with Crippen LogP contribution in [0, 0.1) is 0 Å². The third kappa shape index (κ3) is 2.18. The van der Waals surface area contributed by atoms with E-state index in [1.807, 2.05) is 18.2 Å². The first kappa shape index (κ1) is 10.2. The number of aliphatic carboxylic acids is 1. The van der Waals surface area contributed by atoms with Gasteiger partial charge in [0, 0.05) is 16.3 Å². The van der Waals surface area contributed by atoms with Gasteiger partial charge in [-0.05, 0) is 18.2 Å². The summed E-state index contributed by atoms with van der Waals surface area (Å²) < 4.78 is 6.01. The number of aromatic nitrogens is 1. The van der Waals surface area contributed by atoms with E-state index in [1.54, 1.807) is 0 Å². The van der Waals surface area contributed by atoms with E-state index in [4.69, 9.17) is 9.63 Å². The minimum atomic E-state index is -0.838. The molecule has 5 heteroatoms. The Kier molecular flexibility index (Phi) is 2.73. The highest BCUT2D eigenvalue weighted by Gasteiger charge is 2.10. The maximum absolute atomic E-state index is 10.4. The van der Waals surface area contributed by atoms with Gasteiger partial charge in [0.25, 0.3) is 0 Å². The van der Waals surface area contributed by atoms with Crippen molar-refractivity contribution >= 4 is 32.8 Å². The molecule has 2 aromatic rings. The van der Waals surface area contributed by atoms with E-state index in [-0.39, 0.29) is 6.42 Å². The SMILES string of the molecule is O=C(O)CCc1onc2ccc(Br)cc12. The normalized spacial score (nSPS) is 10.7. The molecule has 1 heterocycles. The van der Waals surface area contributed by atoms with Crippen molar-refractivity contribution in [1.82, 2.24) is 5.16 Å². The lowest BCUT2D eigenvalue weighted by atomic mass is 10.1. The summed E-state index contributed by atoms with van der Waals surface area (Å²) in [6.07, 6.45) is 0.416. The average Bonchev–Trinajstić information content (AvgIpc) is 2.57. The molecule has 0 atom stereocenters. The van der Waals surface area contributed by atoms with Crippen LogP contribution in [0.5, 0.6) is 0 Å².